The number of nitrogens with two attached hydrogens (primary N) is 2. The second kappa shape index (κ2) is 30.1. The predicted molar refractivity (Wildman–Crippen MR) is 239 cm³/mol. The van der Waals surface area contributed by atoms with Crippen LogP contribution in [0.15, 0.2) is 30.3 Å². The standard InChI is InChI=1S/C42H68N10O16/c1-6-20(2)31(50-41(66)33(23(5)56)51-35(60)25(44)16-24-12-8-7-9-13-24)39(64)48-28(18-53)37(62)45-21(3)34(59)47-27(17-30(57)58)36(61)52-32(22(4)55)40(65)49-29(19-54)38(63)46-26(42(67)68)14-10-11-15-43/h7-9,12-13,20-23,25-29,31-33,53-56H,6,10-11,14-19,43-44H2,1-5H3,(H,45,62)(H,46,63)(H,47,59)(H,48,64)(H,49,65)(H,50,66)(H,51,60)(H,52,61)(H,57,58)(H,67,68). The number of benzene rings is 1. The monoisotopic (exact) mass is 968 g/mol. The number of rotatable bonds is 31. The van der Waals surface area contributed by atoms with Crippen LogP contribution in [-0.2, 0) is 54.4 Å². The molecule has 0 spiro atoms. The van der Waals surface area contributed by atoms with Crippen LogP contribution in [-0.4, -0.2) is 176 Å². The van der Waals surface area contributed by atoms with Crippen LogP contribution >= 0.6 is 0 Å². The molecular weight excluding hydrogens is 901 g/mol. The Labute approximate surface area is 392 Å². The Kier molecular flexibility index (Phi) is 26.5. The molecule has 382 valence electrons. The van der Waals surface area contributed by atoms with Crippen molar-refractivity contribution in [2.45, 2.75) is 140 Å². The van der Waals surface area contributed by atoms with Gasteiger partial charge in [-0.05, 0) is 64.5 Å². The van der Waals surface area contributed by atoms with Crippen molar-refractivity contribution in [2.24, 2.45) is 17.4 Å². The zero-order valence-electron chi connectivity index (χ0n) is 38.6. The van der Waals surface area contributed by atoms with Crippen molar-refractivity contribution in [3.8, 4) is 0 Å². The summed E-state index contributed by atoms with van der Waals surface area (Å²) in [5, 5.41) is 77.3. The first-order valence-electron chi connectivity index (χ1n) is 21.9. The fourth-order valence-corrected chi connectivity index (χ4v) is 6.22. The maximum Gasteiger partial charge on any atom is 0.326 e. The molecule has 1 rings (SSSR count). The Morgan fingerprint density at radius 1 is 0.559 bits per heavy atom. The summed E-state index contributed by atoms with van der Waals surface area (Å²) < 4.78 is 0. The minimum absolute atomic E-state index is 0.0297. The highest BCUT2D eigenvalue weighted by molar-refractivity contribution is 5.99. The highest BCUT2D eigenvalue weighted by Gasteiger charge is 2.37. The number of unbranched alkanes of at least 4 members (excludes halogenated alkanes) is 1. The molecule has 12 unspecified atom stereocenters. The van der Waals surface area contributed by atoms with Gasteiger partial charge >= 0.3 is 11.9 Å². The van der Waals surface area contributed by atoms with E-state index in [1.807, 2.05) is 0 Å². The topological polar surface area (TPSA) is 440 Å². The summed E-state index contributed by atoms with van der Waals surface area (Å²) >= 11 is 0. The molecule has 18 N–H and O–H groups in total. The zero-order valence-corrected chi connectivity index (χ0v) is 38.6. The average Bonchev–Trinajstić information content (AvgIpc) is 3.28. The summed E-state index contributed by atoms with van der Waals surface area (Å²) in [6.45, 7) is 4.78. The second-order valence-corrected chi connectivity index (χ2v) is 16.2. The molecule has 0 fully saturated rings. The smallest absolute Gasteiger partial charge is 0.326 e. The third kappa shape index (κ3) is 20.3. The van der Waals surface area contributed by atoms with E-state index in [9.17, 15) is 78.6 Å². The van der Waals surface area contributed by atoms with Gasteiger partial charge in [0, 0.05) is 0 Å². The van der Waals surface area contributed by atoms with E-state index in [0.29, 0.717) is 19.3 Å². The van der Waals surface area contributed by atoms with Crippen molar-refractivity contribution in [3.63, 3.8) is 0 Å². The SMILES string of the molecule is CCC(C)C(NC(=O)C(NC(=O)C(N)Cc1ccccc1)C(C)O)C(=O)NC(CO)C(=O)NC(C)C(=O)NC(CC(=O)O)C(=O)NC(C(=O)NC(CO)C(=O)NC(CCCCN)C(=O)O)C(C)O. The Balaban J connectivity index is 3.08. The molecule has 0 heterocycles. The normalized spacial score (nSPS) is 16.4. The number of carboxylic acids is 2. The summed E-state index contributed by atoms with van der Waals surface area (Å²) in [5.74, 6) is -12.5. The fraction of sp³-hybridized carbons (Fsp3) is 0.619. The number of hydrogen-bond acceptors (Lipinski definition) is 16. The first-order chi connectivity index (χ1) is 31.9. The molecule has 0 radical (unpaired) electrons. The molecule has 1 aromatic rings. The number of carbonyl (C=O) groups is 10. The molecule has 0 saturated carbocycles. The molecule has 8 amide bonds. The van der Waals surface area contributed by atoms with Gasteiger partial charge in [-0.1, -0.05) is 50.6 Å². The molecule has 0 bridgehead atoms. The van der Waals surface area contributed by atoms with E-state index in [-0.39, 0.29) is 19.4 Å². The predicted octanol–water partition coefficient (Wildman–Crippen LogP) is -6.06. The van der Waals surface area contributed by atoms with E-state index in [4.69, 9.17) is 11.5 Å². The van der Waals surface area contributed by atoms with Crippen LogP contribution in [0.5, 0.6) is 0 Å². The molecule has 1 aromatic carbocycles. The van der Waals surface area contributed by atoms with Gasteiger partial charge in [0.15, 0.2) is 0 Å². The van der Waals surface area contributed by atoms with E-state index < -0.39 is 151 Å². The lowest BCUT2D eigenvalue weighted by molar-refractivity contribution is -0.143. The van der Waals surface area contributed by atoms with Crippen LogP contribution in [0.4, 0.5) is 0 Å². The molecule has 0 aromatic heterocycles. The van der Waals surface area contributed by atoms with Gasteiger partial charge in [0.05, 0.1) is 37.9 Å². The quantitative estimate of drug-likeness (QED) is 0.0308. The van der Waals surface area contributed by atoms with Gasteiger partial charge in [-0.3, -0.25) is 43.2 Å². The van der Waals surface area contributed by atoms with Crippen LogP contribution in [0.3, 0.4) is 0 Å². The minimum atomic E-state index is -1.97. The first-order valence-corrected chi connectivity index (χ1v) is 21.9. The third-order valence-corrected chi connectivity index (χ3v) is 10.5. The van der Waals surface area contributed by atoms with Crippen molar-refractivity contribution in [3.05, 3.63) is 35.9 Å². The number of aliphatic hydroxyl groups excluding tert-OH is 4. The van der Waals surface area contributed by atoms with Crippen LogP contribution in [0.25, 0.3) is 0 Å². The van der Waals surface area contributed by atoms with E-state index in [1.165, 1.54) is 6.92 Å². The van der Waals surface area contributed by atoms with Crippen LogP contribution in [0.1, 0.15) is 72.3 Å². The lowest BCUT2D eigenvalue weighted by atomic mass is 9.97. The molecule has 26 heteroatoms. The average molecular weight is 969 g/mol. The molecular formula is C42H68N10O16. The molecule has 0 aliphatic carbocycles. The summed E-state index contributed by atoms with van der Waals surface area (Å²) in [6.07, 6.45) is -3.16. The maximum atomic E-state index is 13.6. The molecule has 26 nitrogen and oxygen atoms in total. The Hall–Kier alpha value is -6.32. The number of hydrogen-bond donors (Lipinski definition) is 16. The van der Waals surface area contributed by atoms with Crippen molar-refractivity contribution < 1.29 is 78.6 Å². The molecule has 12 atom stereocenters. The lowest BCUT2D eigenvalue weighted by Gasteiger charge is -2.29. The van der Waals surface area contributed by atoms with E-state index in [2.05, 4.69) is 42.5 Å². The molecule has 0 saturated heterocycles. The van der Waals surface area contributed by atoms with Crippen molar-refractivity contribution in [1.29, 1.82) is 0 Å². The highest BCUT2D eigenvalue weighted by Crippen LogP contribution is 2.11. The highest BCUT2D eigenvalue weighted by atomic mass is 16.4. The van der Waals surface area contributed by atoms with Gasteiger partial charge in [-0.25, -0.2) is 4.79 Å². The first kappa shape index (κ1) is 59.7. The summed E-state index contributed by atoms with van der Waals surface area (Å²) in [5.41, 5.74) is 12.2. The van der Waals surface area contributed by atoms with Gasteiger partial charge in [-0.15, -0.1) is 0 Å². The number of amides is 8. The molecule has 0 aliphatic heterocycles. The van der Waals surface area contributed by atoms with E-state index in [1.54, 1.807) is 44.2 Å². The van der Waals surface area contributed by atoms with Gasteiger partial charge < -0.3 is 84.6 Å². The van der Waals surface area contributed by atoms with Gasteiger partial charge in [0.2, 0.25) is 47.3 Å². The van der Waals surface area contributed by atoms with Crippen molar-refractivity contribution in [1.82, 2.24) is 42.5 Å². The Morgan fingerprint density at radius 3 is 1.47 bits per heavy atom. The number of nitrogens with one attached hydrogen (secondary N) is 8. The lowest BCUT2D eigenvalue weighted by Crippen LogP contribution is -2.62. The summed E-state index contributed by atoms with van der Waals surface area (Å²) in [7, 11) is 0. The number of carbonyl (C=O) groups excluding carboxylic acids is 8. The molecule has 68 heavy (non-hydrogen) atoms. The van der Waals surface area contributed by atoms with Crippen molar-refractivity contribution >= 4 is 59.2 Å². The summed E-state index contributed by atoms with van der Waals surface area (Å²) in [6, 6.07) is -5.77. The van der Waals surface area contributed by atoms with Crippen molar-refractivity contribution in [2.75, 3.05) is 19.8 Å². The maximum absolute atomic E-state index is 13.6. The minimum Gasteiger partial charge on any atom is -0.481 e. The van der Waals surface area contributed by atoms with Gasteiger partial charge in [-0.2, -0.15) is 0 Å². The van der Waals surface area contributed by atoms with Crippen LogP contribution in [0.2, 0.25) is 0 Å². The van der Waals surface area contributed by atoms with Gasteiger partial charge in [0.1, 0.15) is 48.3 Å². The number of carboxylic acid groups (broad SMARTS) is 2. The number of aliphatic carboxylic acids is 2. The van der Waals surface area contributed by atoms with E-state index >= 15 is 0 Å². The third-order valence-electron chi connectivity index (χ3n) is 10.5. The largest absolute Gasteiger partial charge is 0.481 e. The second-order valence-electron chi connectivity index (χ2n) is 16.2. The Bertz CT molecular complexity index is 1870. The fourth-order valence-electron chi connectivity index (χ4n) is 6.22. The van der Waals surface area contributed by atoms with E-state index in [0.717, 1.165) is 19.4 Å². The summed E-state index contributed by atoms with van der Waals surface area (Å²) in [4.78, 5) is 129. The molecule has 0 aliphatic rings. The van der Waals surface area contributed by atoms with Crippen LogP contribution < -0.4 is 54.0 Å². The number of aliphatic hydroxyl groups is 4. The zero-order chi connectivity index (χ0) is 51.8. The van der Waals surface area contributed by atoms with Crippen LogP contribution in [0, 0.1) is 5.92 Å². The van der Waals surface area contributed by atoms with Gasteiger partial charge in [0.25, 0.3) is 0 Å². The Morgan fingerprint density at radius 2 is 1.00 bits per heavy atom.